The van der Waals surface area contributed by atoms with Crippen LogP contribution in [-0.4, -0.2) is 24.8 Å². The number of amides is 2. The van der Waals surface area contributed by atoms with Crippen LogP contribution in [-0.2, 0) is 4.74 Å². The zero-order valence-electron chi connectivity index (χ0n) is 11.8. The SMILES string of the molecule is Cc1cc(C)cc(NC(=O)N[C@H](C)[C@H]2CCCO2)c1. The second kappa shape index (κ2) is 6.06. The number of carbonyl (C=O) groups excluding carboxylic acids is 1. The normalized spacial score (nSPS) is 20.1. The highest BCUT2D eigenvalue weighted by Crippen LogP contribution is 2.16. The predicted molar refractivity (Wildman–Crippen MR) is 76.5 cm³/mol. The number of urea groups is 1. The van der Waals surface area contributed by atoms with Crippen LogP contribution < -0.4 is 10.6 Å². The molecule has 2 atom stereocenters. The highest BCUT2D eigenvalue weighted by atomic mass is 16.5. The molecule has 0 radical (unpaired) electrons. The Hall–Kier alpha value is -1.55. The van der Waals surface area contributed by atoms with Gasteiger partial charge in [0.25, 0.3) is 0 Å². The quantitative estimate of drug-likeness (QED) is 0.879. The Morgan fingerprint density at radius 1 is 1.32 bits per heavy atom. The van der Waals surface area contributed by atoms with Crippen molar-refractivity contribution >= 4 is 11.7 Å². The zero-order chi connectivity index (χ0) is 13.8. The van der Waals surface area contributed by atoms with E-state index in [-0.39, 0.29) is 18.2 Å². The van der Waals surface area contributed by atoms with E-state index in [1.54, 1.807) is 0 Å². The van der Waals surface area contributed by atoms with Gasteiger partial charge in [-0.15, -0.1) is 0 Å². The van der Waals surface area contributed by atoms with Gasteiger partial charge in [0, 0.05) is 12.3 Å². The third-order valence-corrected chi connectivity index (χ3v) is 3.36. The highest BCUT2D eigenvalue weighted by molar-refractivity contribution is 5.89. The van der Waals surface area contributed by atoms with Gasteiger partial charge in [-0.25, -0.2) is 4.79 Å². The molecule has 1 aliphatic rings. The summed E-state index contributed by atoms with van der Waals surface area (Å²) in [5, 5.41) is 5.81. The monoisotopic (exact) mass is 262 g/mol. The second-order valence-corrected chi connectivity index (χ2v) is 5.31. The molecule has 2 N–H and O–H groups in total. The fourth-order valence-corrected chi connectivity index (χ4v) is 2.51. The molecule has 1 saturated heterocycles. The van der Waals surface area contributed by atoms with Gasteiger partial charge in [0.15, 0.2) is 0 Å². The van der Waals surface area contributed by atoms with Gasteiger partial charge in [-0.05, 0) is 56.9 Å². The van der Waals surface area contributed by atoms with E-state index in [1.807, 2.05) is 32.9 Å². The molecule has 4 nitrogen and oxygen atoms in total. The molecule has 0 saturated carbocycles. The fraction of sp³-hybridized carbons (Fsp3) is 0.533. The molecular weight excluding hydrogens is 240 g/mol. The number of hydrogen-bond donors (Lipinski definition) is 2. The lowest BCUT2D eigenvalue weighted by molar-refractivity contribution is 0.0868. The van der Waals surface area contributed by atoms with Crippen molar-refractivity contribution < 1.29 is 9.53 Å². The molecule has 1 fully saturated rings. The van der Waals surface area contributed by atoms with E-state index in [0.29, 0.717) is 0 Å². The molecule has 1 aromatic rings. The van der Waals surface area contributed by atoms with Gasteiger partial charge < -0.3 is 15.4 Å². The Kier molecular flexibility index (Phi) is 4.43. The molecule has 19 heavy (non-hydrogen) atoms. The van der Waals surface area contributed by atoms with Gasteiger partial charge in [0.05, 0.1) is 12.1 Å². The first-order valence-electron chi connectivity index (χ1n) is 6.82. The van der Waals surface area contributed by atoms with Crippen LogP contribution in [0.4, 0.5) is 10.5 Å². The third kappa shape index (κ3) is 3.96. The summed E-state index contributed by atoms with van der Waals surface area (Å²) in [6.07, 6.45) is 2.24. The average molecular weight is 262 g/mol. The van der Waals surface area contributed by atoms with Crippen LogP contribution in [0.2, 0.25) is 0 Å². The zero-order valence-corrected chi connectivity index (χ0v) is 11.8. The first-order chi connectivity index (χ1) is 9.04. The first-order valence-corrected chi connectivity index (χ1v) is 6.82. The number of ether oxygens (including phenoxy) is 1. The Bertz CT molecular complexity index is 433. The van der Waals surface area contributed by atoms with Crippen LogP contribution in [0.25, 0.3) is 0 Å². The summed E-state index contributed by atoms with van der Waals surface area (Å²) >= 11 is 0. The number of nitrogens with one attached hydrogen (secondary N) is 2. The van der Waals surface area contributed by atoms with Crippen molar-refractivity contribution in [2.45, 2.75) is 45.8 Å². The molecule has 0 aromatic heterocycles. The van der Waals surface area contributed by atoms with Gasteiger partial charge in [0.2, 0.25) is 0 Å². The van der Waals surface area contributed by atoms with Crippen molar-refractivity contribution in [3.63, 3.8) is 0 Å². The number of hydrogen-bond acceptors (Lipinski definition) is 2. The van der Waals surface area contributed by atoms with Crippen LogP contribution in [0.15, 0.2) is 18.2 Å². The van der Waals surface area contributed by atoms with Crippen molar-refractivity contribution in [1.29, 1.82) is 0 Å². The molecule has 0 spiro atoms. The Labute approximate surface area is 114 Å². The number of aryl methyl sites for hydroxylation is 2. The maximum absolute atomic E-state index is 11.9. The van der Waals surface area contributed by atoms with E-state index in [0.717, 1.165) is 36.3 Å². The third-order valence-electron chi connectivity index (χ3n) is 3.36. The van der Waals surface area contributed by atoms with E-state index >= 15 is 0 Å². The lowest BCUT2D eigenvalue weighted by Gasteiger charge is -2.20. The number of carbonyl (C=O) groups is 1. The lowest BCUT2D eigenvalue weighted by atomic mass is 10.1. The Balaban J connectivity index is 1.89. The minimum Gasteiger partial charge on any atom is -0.376 e. The van der Waals surface area contributed by atoms with Gasteiger partial charge in [-0.3, -0.25) is 0 Å². The summed E-state index contributed by atoms with van der Waals surface area (Å²) in [5.74, 6) is 0. The summed E-state index contributed by atoms with van der Waals surface area (Å²) in [6.45, 7) is 6.82. The molecule has 2 amide bonds. The van der Waals surface area contributed by atoms with Crippen molar-refractivity contribution in [3.05, 3.63) is 29.3 Å². The fourth-order valence-electron chi connectivity index (χ4n) is 2.51. The summed E-state index contributed by atoms with van der Waals surface area (Å²) < 4.78 is 5.56. The summed E-state index contributed by atoms with van der Waals surface area (Å²) in [5.41, 5.74) is 3.11. The topological polar surface area (TPSA) is 50.4 Å². The standard InChI is InChI=1S/C15H22N2O2/c1-10-7-11(2)9-13(8-10)17-15(18)16-12(3)14-5-4-6-19-14/h7-9,12,14H,4-6H2,1-3H3,(H2,16,17,18)/t12-,14-/m1/s1. The summed E-state index contributed by atoms with van der Waals surface area (Å²) in [6, 6.07) is 5.87. The maximum atomic E-state index is 11.9. The van der Waals surface area contributed by atoms with Crippen LogP contribution in [0.1, 0.15) is 30.9 Å². The Morgan fingerprint density at radius 3 is 2.58 bits per heavy atom. The highest BCUT2D eigenvalue weighted by Gasteiger charge is 2.23. The molecule has 0 aliphatic carbocycles. The van der Waals surface area contributed by atoms with Crippen molar-refractivity contribution in [1.82, 2.24) is 5.32 Å². The van der Waals surface area contributed by atoms with E-state index in [1.165, 1.54) is 0 Å². The molecular formula is C15H22N2O2. The number of anilines is 1. The summed E-state index contributed by atoms with van der Waals surface area (Å²) in [7, 11) is 0. The minimum absolute atomic E-state index is 0.0356. The molecule has 1 aromatic carbocycles. The van der Waals surface area contributed by atoms with Crippen LogP contribution in [0, 0.1) is 13.8 Å². The molecule has 0 bridgehead atoms. The second-order valence-electron chi connectivity index (χ2n) is 5.31. The van der Waals surface area contributed by atoms with Gasteiger partial charge >= 0.3 is 6.03 Å². The minimum atomic E-state index is -0.173. The summed E-state index contributed by atoms with van der Waals surface area (Å²) in [4.78, 5) is 11.9. The largest absolute Gasteiger partial charge is 0.376 e. The van der Waals surface area contributed by atoms with Crippen LogP contribution >= 0.6 is 0 Å². The molecule has 2 rings (SSSR count). The van der Waals surface area contributed by atoms with Crippen molar-refractivity contribution in [2.75, 3.05) is 11.9 Å². The molecule has 104 valence electrons. The first kappa shape index (κ1) is 13.9. The average Bonchev–Trinajstić information content (AvgIpc) is 2.80. The Morgan fingerprint density at radius 2 is 2.00 bits per heavy atom. The molecule has 1 heterocycles. The van der Waals surface area contributed by atoms with E-state index in [9.17, 15) is 4.79 Å². The van der Waals surface area contributed by atoms with Crippen molar-refractivity contribution in [2.24, 2.45) is 0 Å². The number of benzene rings is 1. The predicted octanol–water partition coefficient (Wildman–Crippen LogP) is 2.99. The van der Waals surface area contributed by atoms with Gasteiger partial charge in [-0.1, -0.05) is 6.07 Å². The van der Waals surface area contributed by atoms with Gasteiger partial charge in [-0.2, -0.15) is 0 Å². The van der Waals surface area contributed by atoms with E-state index in [2.05, 4.69) is 16.7 Å². The molecule has 0 unspecified atom stereocenters. The van der Waals surface area contributed by atoms with Crippen LogP contribution in [0.5, 0.6) is 0 Å². The molecule has 1 aliphatic heterocycles. The smallest absolute Gasteiger partial charge is 0.319 e. The lowest BCUT2D eigenvalue weighted by Crippen LogP contribution is -2.43. The van der Waals surface area contributed by atoms with Crippen molar-refractivity contribution in [3.8, 4) is 0 Å². The maximum Gasteiger partial charge on any atom is 0.319 e. The van der Waals surface area contributed by atoms with E-state index < -0.39 is 0 Å². The van der Waals surface area contributed by atoms with E-state index in [4.69, 9.17) is 4.74 Å². The number of rotatable bonds is 3. The molecule has 4 heteroatoms. The van der Waals surface area contributed by atoms with Crippen LogP contribution in [0.3, 0.4) is 0 Å². The van der Waals surface area contributed by atoms with Gasteiger partial charge in [0.1, 0.15) is 0 Å².